The van der Waals surface area contributed by atoms with E-state index >= 15 is 0 Å². The summed E-state index contributed by atoms with van der Waals surface area (Å²) >= 11 is 5.45. The van der Waals surface area contributed by atoms with Crippen molar-refractivity contribution in [2.24, 2.45) is 0 Å². The first kappa shape index (κ1) is 13.3. The van der Waals surface area contributed by atoms with Crippen molar-refractivity contribution in [3.8, 4) is 5.75 Å². The Morgan fingerprint density at radius 1 is 1.29 bits per heavy atom. The molecule has 1 N–H and O–H groups in total. The Labute approximate surface area is 104 Å². The smallest absolute Gasteiger partial charge is 0.415 e. The average molecular weight is 258 g/mol. The van der Waals surface area contributed by atoms with Gasteiger partial charge in [-0.2, -0.15) is 0 Å². The van der Waals surface area contributed by atoms with Crippen LogP contribution in [-0.4, -0.2) is 17.6 Å². The molecule has 6 heteroatoms. The number of amides is 1. The Balaban J connectivity index is 2.56. The second kappa shape index (κ2) is 6.10. The normalized spacial score (nSPS) is 11.5. The predicted octanol–water partition coefficient (Wildman–Crippen LogP) is 2.75. The van der Waals surface area contributed by atoms with E-state index in [2.05, 4.69) is 10.1 Å². The minimum absolute atomic E-state index is 0.172. The van der Waals surface area contributed by atoms with E-state index in [-0.39, 0.29) is 5.91 Å². The molecule has 1 unspecified atom stereocenters. The lowest BCUT2D eigenvalue weighted by atomic mass is 10.3. The lowest BCUT2D eigenvalue weighted by Gasteiger charge is -2.07. The predicted molar refractivity (Wildman–Crippen MR) is 63.2 cm³/mol. The van der Waals surface area contributed by atoms with Gasteiger partial charge < -0.3 is 14.8 Å². The van der Waals surface area contributed by atoms with Gasteiger partial charge in [0.05, 0.1) is 0 Å². The Morgan fingerprint density at radius 3 is 2.35 bits per heavy atom. The molecule has 0 bridgehead atoms. The van der Waals surface area contributed by atoms with Gasteiger partial charge in [0.25, 0.3) is 0 Å². The Bertz CT molecular complexity index is 402. The summed E-state index contributed by atoms with van der Waals surface area (Å²) in [6.07, 6.45) is -0.875. The van der Waals surface area contributed by atoms with Crippen LogP contribution in [0, 0.1) is 0 Å². The van der Waals surface area contributed by atoms with Crippen LogP contribution >= 0.6 is 11.6 Å². The molecule has 0 aromatic heterocycles. The van der Waals surface area contributed by atoms with Crippen LogP contribution in [0.5, 0.6) is 5.75 Å². The molecule has 1 aromatic rings. The van der Waals surface area contributed by atoms with Gasteiger partial charge in [0.2, 0.25) is 5.91 Å². The maximum atomic E-state index is 11.1. The molecule has 1 amide bonds. The van der Waals surface area contributed by atoms with Crippen molar-refractivity contribution in [1.82, 2.24) is 0 Å². The second-order valence-electron chi connectivity index (χ2n) is 3.22. The number of rotatable bonds is 3. The molecule has 1 aromatic carbocycles. The summed E-state index contributed by atoms with van der Waals surface area (Å²) < 4.78 is 9.41. The van der Waals surface area contributed by atoms with Gasteiger partial charge >= 0.3 is 6.16 Å². The van der Waals surface area contributed by atoms with Crippen LogP contribution in [0.4, 0.5) is 10.5 Å². The third-order valence-corrected chi connectivity index (χ3v) is 1.72. The van der Waals surface area contributed by atoms with Gasteiger partial charge in [-0.25, -0.2) is 4.79 Å². The zero-order chi connectivity index (χ0) is 12.8. The van der Waals surface area contributed by atoms with Gasteiger partial charge in [-0.05, 0) is 31.2 Å². The van der Waals surface area contributed by atoms with Crippen LogP contribution in [0.25, 0.3) is 0 Å². The molecule has 0 aliphatic heterocycles. The van der Waals surface area contributed by atoms with Crippen molar-refractivity contribution in [3.05, 3.63) is 24.3 Å². The van der Waals surface area contributed by atoms with Crippen molar-refractivity contribution in [1.29, 1.82) is 0 Å². The number of alkyl halides is 1. The van der Waals surface area contributed by atoms with Crippen molar-refractivity contribution < 1.29 is 19.1 Å². The molecule has 0 fully saturated rings. The molecule has 0 saturated heterocycles. The summed E-state index contributed by atoms with van der Waals surface area (Å²) in [6.45, 7) is 2.91. The highest BCUT2D eigenvalue weighted by Crippen LogP contribution is 2.16. The molecule has 0 spiro atoms. The molecular formula is C11H12ClNO4. The number of anilines is 1. The molecule has 0 aliphatic rings. The average Bonchev–Trinajstić information content (AvgIpc) is 2.18. The first-order valence-electron chi connectivity index (χ1n) is 4.87. The molecule has 1 atom stereocenters. The molecule has 1 rings (SSSR count). The summed E-state index contributed by atoms with van der Waals surface area (Å²) in [7, 11) is 0. The topological polar surface area (TPSA) is 64.6 Å². The Hall–Kier alpha value is -1.75. The lowest BCUT2D eigenvalue weighted by Crippen LogP contribution is -2.14. The maximum absolute atomic E-state index is 11.1. The minimum atomic E-state index is -0.875. The number of hydrogen-bond acceptors (Lipinski definition) is 4. The van der Waals surface area contributed by atoms with Gasteiger partial charge in [0.15, 0.2) is 5.56 Å². The zero-order valence-electron chi connectivity index (χ0n) is 9.40. The van der Waals surface area contributed by atoms with Crippen molar-refractivity contribution in [2.75, 3.05) is 5.32 Å². The molecule has 17 heavy (non-hydrogen) atoms. The van der Waals surface area contributed by atoms with Crippen molar-refractivity contribution >= 4 is 29.4 Å². The van der Waals surface area contributed by atoms with E-state index in [0.717, 1.165) is 0 Å². The fourth-order valence-electron chi connectivity index (χ4n) is 1.06. The number of ether oxygens (including phenoxy) is 2. The van der Waals surface area contributed by atoms with E-state index in [9.17, 15) is 9.59 Å². The number of halogens is 1. The van der Waals surface area contributed by atoms with Crippen LogP contribution in [0.2, 0.25) is 0 Å². The van der Waals surface area contributed by atoms with Crippen LogP contribution in [-0.2, 0) is 9.53 Å². The Kier molecular flexibility index (Phi) is 4.78. The van der Waals surface area contributed by atoms with Gasteiger partial charge in [-0.1, -0.05) is 11.6 Å². The van der Waals surface area contributed by atoms with Gasteiger partial charge in [0.1, 0.15) is 5.75 Å². The highest BCUT2D eigenvalue weighted by Gasteiger charge is 2.09. The first-order chi connectivity index (χ1) is 7.97. The molecular weight excluding hydrogens is 246 g/mol. The minimum Gasteiger partial charge on any atom is -0.415 e. The van der Waals surface area contributed by atoms with Crippen LogP contribution < -0.4 is 10.1 Å². The van der Waals surface area contributed by atoms with E-state index in [4.69, 9.17) is 16.3 Å². The first-order valence-corrected chi connectivity index (χ1v) is 5.31. The van der Waals surface area contributed by atoms with Gasteiger partial charge in [-0.15, -0.1) is 0 Å². The standard InChI is InChI=1S/C11H12ClNO4/c1-7(12)16-11(15)17-10-5-3-9(4-6-10)13-8(2)14/h3-7H,1-2H3,(H,13,14). The molecule has 0 aliphatic carbocycles. The second-order valence-corrected chi connectivity index (χ2v) is 3.83. The lowest BCUT2D eigenvalue weighted by molar-refractivity contribution is -0.114. The van der Waals surface area contributed by atoms with Crippen molar-refractivity contribution in [3.63, 3.8) is 0 Å². The van der Waals surface area contributed by atoms with Crippen LogP contribution in [0.15, 0.2) is 24.3 Å². The number of nitrogens with one attached hydrogen (secondary N) is 1. The molecule has 0 heterocycles. The van der Waals surface area contributed by atoms with Crippen molar-refractivity contribution in [2.45, 2.75) is 19.4 Å². The van der Waals surface area contributed by atoms with Crippen LogP contribution in [0.3, 0.4) is 0 Å². The highest BCUT2D eigenvalue weighted by molar-refractivity contribution is 6.19. The summed E-state index contributed by atoms with van der Waals surface area (Å²) in [5, 5.41) is 2.59. The zero-order valence-corrected chi connectivity index (χ0v) is 10.2. The quantitative estimate of drug-likeness (QED) is 0.514. The molecule has 5 nitrogen and oxygen atoms in total. The number of carbonyl (C=O) groups is 2. The number of hydrogen-bond donors (Lipinski definition) is 1. The summed E-state index contributed by atoms with van der Waals surface area (Å²) in [6, 6.07) is 6.28. The number of benzene rings is 1. The molecule has 0 radical (unpaired) electrons. The van der Waals surface area contributed by atoms with E-state index in [1.165, 1.54) is 26.0 Å². The summed E-state index contributed by atoms with van der Waals surface area (Å²) in [5.74, 6) is 0.135. The third kappa shape index (κ3) is 5.21. The van der Waals surface area contributed by atoms with Gasteiger partial charge in [0, 0.05) is 12.6 Å². The van der Waals surface area contributed by atoms with E-state index in [0.29, 0.717) is 11.4 Å². The largest absolute Gasteiger partial charge is 0.515 e. The summed E-state index contributed by atoms with van der Waals surface area (Å²) in [4.78, 5) is 21.9. The monoisotopic (exact) mass is 257 g/mol. The van der Waals surface area contributed by atoms with Gasteiger partial charge in [-0.3, -0.25) is 4.79 Å². The summed E-state index contributed by atoms with van der Waals surface area (Å²) in [5.41, 5.74) is -0.134. The van der Waals surface area contributed by atoms with E-state index in [1.807, 2.05) is 0 Å². The fraction of sp³-hybridized carbons (Fsp3) is 0.273. The fourth-order valence-corrected chi connectivity index (χ4v) is 1.14. The SMILES string of the molecule is CC(=O)Nc1ccc(OC(=O)OC(C)Cl)cc1. The maximum Gasteiger partial charge on any atom is 0.515 e. The number of carbonyl (C=O) groups excluding carboxylic acids is 2. The third-order valence-electron chi connectivity index (χ3n) is 1.63. The van der Waals surface area contributed by atoms with E-state index < -0.39 is 11.7 Å². The molecule has 92 valence electrons. The molecule has 0 saturated carbocycles. The Morgan fingerprint density at radius 2 is 1.88 bits per heavy atom. The van der Waals surface area contributed by atoms with E-state index in [1.54, 1.807) is 12.1 Å². The highest BCUT2D eigenvalue weighted by atomic mass is 35.5. The van der Waals surface area contributed by atoms with Crippen LogP contribution in [0.1, 0.15) is 13.8 Å².